The van der Waals surface area contributed by atoms with Crippen molar-refractivity contribution >= 4 is 11.9 Å². The van der Waals surface area contributed by atoms with E-state index in [1.807, 2.05) is 26.4 Å². The van der Waals surface area contributed by atoms with Crippen LogP contribution in [0.25, 0.3) is 0 Å². The van der Waals surface area contributed by atoms with Crippen LogP contribution in [-0.2, 0) is 23.0 Å². The zero-order valence-corrected chi connectivity index (χ0v) is 15.0. The number of hydrogen-bond acceptors (Lipinski definition) is 4. The lowest BCUT2D eigenvalue weighted by Crippen LogP contribution is -2.48. The van der Waals surface area contributed by atoms with Gasteiger partial charge in [-0.2, -0.15) is 5.10 Å². The Morgan fingerprint density at radius 3 is 3.00 bits per heavy atom. The molecule has 2 rings (SSSR count). The average Bonchev–Trinajstić information content (AvgIpc) is 3.00. The third kappa shape index (κ3) is 5.25. The number of nitrogens with zero attached hydrogens (tertiary/aromatic N) is 4. The second kappa shape index (κ2) is 9.30. The van der Waals surface area contributed by atoms with E-state index in [-0.39, 0.29) is 11.9 Å². The van der Waals surface area contributed by atoms with Crippen molar-refractivity contribution in [3.63, 3.8) is 0 Å². The van der Waals surface area contributed by atoms with Gasteiger partial charge >= 0.3 is 5.97 Å². The third-order valence-corrected chi connectivity index (χ3v) is 4.10. The molecular formula is C17H29N5O2. The highest BCUT2D eigenvalue weighted by molar-refractivity contribution is 5.81. The van der Waals surface area contributed by atoms with E-state index in [4.69, 9.17) is 9.73 Å². The fourth-order valence-corrected chi connectivity index (χ4v) is 2.94. The summed E-state index contributed by atoms with van der Waals surface area (Å²) in [6, 6.07) is 0. The highest BCUT2D eigenvalue weighted by atomic mass is 16.5. The van der Waals surface area contributed by atoms with Crippen molar-refractivity contribution in [1.82, 2.24) is 20.0 Å². The van der Waals surface area contributed by atoms with E-state index in [0.29, 0.717) is 19.7 Å². The maximum atomic E-state index is 12.0. The highest BCUT2D eigenvalue weighted by Gasteiger charge is 2.28. The van der Waals surface area contributed by atoms with Gasteiger partial charge in [-0.3, -0.25) is 14.5 Å². The normalized spacial score (nSPS) is 18.5. The van der Waals surface area contributed by atoms with Crippen molar-refractivity contribution in [3.8, 4) is 0 Å². The molecular weight excluding hydrogens is 306 g/mol. The minimum atomic E-state index is -0.0894. The maximum Gasteiger partial charge on any atom is 0.310 e. The van der Waals surface area contributed by atoms with E-state index in [0.717, 1.165) is 38.3 Å². The molecule has 0 aliphatic carbocycles. The lowest BCUT2D eigenvalue weighted by molar-refractivity contribution is -0.149. The highest BCUT2D eigenvalue weighted by Crippen LogP contribution is 2.18. The number of piperidine rings is 1. The maximum absolute atomic E-state index is 12.0. The van der Waals surface area contributed by atoms with Crippen LogP contribution in [-0.4, -0.2) is 59.4 Å². The number of aliphatic imine (C=N–C) groups is 1. The van der Waals surface area contributed by atoms with Gasteiger partial charge in [-0.05, 0) is 38.7 Å². The van der Waals surface area contributed by atoms with Gasteiger partial charge in [-0.1, -0.05) is 0 Å². The molecule has 1 aromatic heterocycles. The molecule has 1 fully saturated rings. The lowest BCUT2D eigenvalue weighted by Gasteiger charge is -2.34. The number of guanidine groups is 1. The summed E-state index contributed by atoms with van der Waals surface area (Å²) in [5.74, 6) is 0.740. The number of rotatable bonds is 6. The van der Waals surface area contributed by atoms with E-state index >= 15 is 0 Å². The van der Waals surface area contributed by atoms with Crippen molar-refractivity contribution in [2.45, 2.75) is 33.1 Å². The number of carbonyl (C=O) groups excluding carboxylic acids is 1. The first-order valence-corrected chi connectivity index (χ1v) is 8.81. The SMILES string of the molecule is CCNC(=NCCc1cnn(C)c1)N1CCCC(C(=O)OCC)C1. The van der Waals surface area contributed by atoms with E-state index in [1.165, 1.54) is 5.56 Å². The molecule has 1 saturated heterocycles. The standard InChI is InChI=1S/C17H29N5O2/c1-4-18-17(19-9-8-14-11-20-21(3)12-14)22-10-6-7-15(13-22)16(23)24-5-2/h11-12,15H,4-10,13H2,1-3H3,(H,18,19). The number of aryl methyl sites for hydroxylation is 1. The van der Waals surface area contributed by atoms with Gasteiger partial charge in [0.2, 0.25) is 0 Å². The number of likely N-dealkylation sites (tertiary alicyclic amines) is 1. The Balaban J connectivity index is 1.94. The van der Waals surface area contributed by atoms with Gasteiger partial charge < -0.3 is 15.0 Å². The number of esters is 1. The molecule has 0 aromatic carbocycles. The monoisotopic (exact) mass is 335 g/mol. The summed E-state index contributed by atoms with van der Waals surface area (Å²) < 4.78 is 6.98. The second-order valence-electron chi connectivity index (χ2n) is 6.05. The second-order valence-corrected chi connectivity index (χ2v) is 6.05. The third-order valence-electron chi connectivity index (χ3n) is 4.10. The Hall–Kier alpha value is -2.05. The van der Waals surface area contributed by atoms with Crippen molar-refractivity contribution < 1.29 is 9.53 Å². The Morgan fingerprint density at radius 2 is 2.33 bits per heavy atom. The van der Waals surface area contributed by atoms with Crippen LogP contribution in [0.1, 0.15) is 32.3 Å². The Labute approximate surface area is 144 Å². The van der Waals surface area contributed by atoms with E-state index < -0.39 is 0 Å². The summed E-state index contributed by atoms with van der Waals surface area (Å²) in [6.07, 6.45) is 6.62. The fourth-order valence-electron chi connectivity index (χ4n) is 2.94. The predicted octanol–water partition coefficient (Wildman–Crippen LogP) is 1.20. The van der Waals surface area contributed by atoms with Gasteiger partial charge in [0.05, 0.1) is 18.7 Å². The van der Waals surface area contributed by atoms with Gasteiger partial charge in [0, 0.05) is 39.4 Å². The van der Waals surface area contributed by atoms with Crippen molar-refractivity contribution in [3.05, 3.63) is 18.0 Å². The Morgan fingerprint density at radius 1 is 1.50 bits per heavy atom. The van der Waals surface area contributed by atoms with Gasteiger partial charge in [0.1, 0.15) is 0 Å². The lowest BCUT2D eigenvalue weighted by atomic mass is 9.98. The molecule has 2 heterocycles. The average molecular weight is 335 g/mol. The molecule has 1 unspecified atom stereocenters. The van der Waals surface area contributed by atoms with Crippen molar-refractivity contribution in [1.29, 1.82) is 0 Å². The van der Waals surface area contributed by atoms with Gasteiger partial charge in [0.15, 0.2) is 5.96 Å². The molecule has 0 bridgehead atoms. The zero-order valence-electron chi connectivity index (χ0n) is 15.0. The summed E-state index contributed by atoms with van der Waals surface area (Å²) in [7, 11) is 1.92. The molecule has 0 spiro atoms. The largest absolute Gasteiger partial charge is 0.466 e. The van der Waals surface area contributed by atoms with Crippen LogP contribution >= 0.6 is 0 Å². The number of ether oxygens (including phenoxy) is 1. The smallest absolute Gasteiger partial charge is 0.310 e. The number of hydrogen-bond donors (Lipinski definition) is 1. The molecule has 0 amide bonds. The predicted molar refractivity (Wildman–Crippen MR) is 93.8 cm³/mol. The summed E-state index contributed by atoms with van der Waals surface area (Å²) >= 11 is 0. The Kier molecular flexibility index (Phi) is 7.08. The molecule has 134 valence electrons. The van der Waals surface area contributed by atoms with Crippen LogP contribution in [0.15, 0.2) is 17.4 Å². The number of aromatic nitrogens is 2. The van der Waals surface area contributed by atoms with Crippen LogP contribution in [0.3, 0.4) is 0 Å². The summed E-state index contributed by atoms with van der Waals surface area (Å²) in [6.45, 7) is 7.47. The molecule has 24 heavy (non-hydrogen) atoms. The molecule has 1 aliphatic rings. The van der Waals surface area contributed by atoms with Crippen LogP contribution in [0.4, 0.5) is 0 Å². The number of nitrogens with one attached hydrogen (secondary N) is 1. The van der Waals surface area contributed by atoms with Crippen LogP contribution in [0, 0.1) is 5.92 Å². The molecule has 0 saturated carbocycles. The van der Waals surface area contributed by atoms with Gasteiger partial charge in [-0.15, -0.1) is 0 Å². The first-order valence-electron chi connectivity index (χ1n) is 8.81. The molecule has 1 aromatic rings. The summed E-state index contributed by atoms with van der Waals surface area (Å²) in [4.78, 5) is 18.9. The molecule has 7 heteroatoms. The molecule has 0 radical (unpaired) electrons. The Bertz CT molecular complexity index is 555. The van der Waals surface area contributed by atoms with Crippen molar-refractivity contribution in [2.24, 2.45) is 18.0 Å². The first-order chi connectivity index (χ1) is 11.6. The summed E-state index contributed by atoms with van der Waals surface area (Å²) in [5.41, 5.74) is 1.18. The quantitative estimate of drug-likeness (QED) is 0.480. The van der Waals surface area contributed by atoms with Crippen LogP contribution in [0.2, 0.25) is 0 Å². The molecule has 1 atom stereocenters. The minimum Gasteiger partial charge on any atom is -0.466 e. The van der Waals surface area contributed by atoms with Crippen molar-refractivity contribution in [2.75, 3.05) is 32.8 Å². The molecule has 1 aliphatic heterocycles. The summed E-state index contributed by atoms with van der Waals surface area (Å²) in [5, 5.41) is 7.52. The molecule has 7 nitrogen and oxygen atoms in total. The van der Waals surface area contributed by atoms with Crippen LogP contribution < -0.4 is 5.32 Å². The van der Waals surface area contributed by atoms with Gasteiger partial charge in [0.25, 0.3) is 0 Å². The van der Waals surface area contributed by atoms with E-state index in [9.17, 15) is 4.79 Å². The first kappa shape index (κ1) is 18.3. The van der Waals surface area contributed by atoms with E-state index in [2.05, 4.69) is 22.2 Å². The number of carbonyl (C=O) groups is 1. The molecule has 1 N–H and O–H groups in total. The minimum absolute atomic E-state index is 0.0547. The van der Waals surface area contributed by atoms with E-state index in [1.54, 1.807) is 4.68 Å². The topological polar surface area (TPSA) is 71.8 Å². The zero-order chi connectivity index (χ0) is 17.4. The van der Waals surface area contributed by atoms with Crippen LogP contribution in [0.5, 0.6) is 0 Å². The fraction of sp³-hybridized carbons (Fsp3) is 0.706. The van der Waals surface area contributed by atoms with Gasteiger partial charge in [-0.25, -0.2) is 0 Å².